The summed E-state index contributed by atoms with van der Waals surface area (Å²) >= 11 is 0. The van der Waals surface area contributed by atoms with E-state index in [9.17, 15) is 43.8 Å². The molecule has 2 fully saturated rings. The molecule has 2 aromatic carbocycles. The van der Waals surface area contributed by atoms with Crippen LogP contribution in [0.3, 0.4) is 0 Å². The normalized spacial score (nSPS) is 19.0. The number of nitrogens with zero attached hydrogens (tertiary/aromatic N) is 2. The predicted octanol–water partition coefficient (Wildman–Crippen LogP) is -0.915. The second-order valence-electron chi connectivity index (χ2n) is 14.0. The number of nitrogens with two attached hydrogens (primary N) is 1. The molecule has 4 rings (SSSR count). The van der Waals surface area contributed by atoms with Crippen molar-refractivity contribution in [3.8, 4) is 0 Å². The van der Waals surface area contributed by atoms with E-state index in [0.717, 1.165) is 5.56 Å². The van der Waals surface area contributed by atoms with E-state index in [0.29, 0.717) is 37.8 Å². The van der Waals surface area contributed by atoms with E-state index in [4.69, 9.17) is 5.73 Å². The van der Waals surface area contributed by atoms with Gasteiger partial charge in [-0.05, 0) is 49.1 Å². The van der Waals surface area contributed by atoms with Gasteiger partial charge in [-0.15, -0.1) is 0 Å². The topological polar surface area (TPSA) is 241 Å². The Hall–Kier alpha value is -5.35. The van der Waals surface area contributed by atoms with Gasteiger partial charge in [0.15, 0.2) is 0 Å². The van der Waals surface area contributed by atoms with Crippen LogP contribution in [0.1, 0.15) is 50.7 Å². The fraction of sp³-hybridized carbons (Fsp3) is 0.500. The summed E-state index contributed by atoms with van der Waals surface area (Å²) in [5.41, 5.74) is 7.79. The predicted molar refractivity (Wildman–Crippen MR) is 196 cm³/mol. The maximum absolute atomic E-state index is 13.5. The summed E-state index contributed by atoms with van der Waals surface area (Å²) in [5.74, 6) is -5.47. The highest BCUT2D eigenvalue weighted by atomic mass is 16.4. The molecule has 2 heterocycles. The van der Waals surface area contributed by atoms with Crippen LogP contribution in [0.15, 0.2) is 60.7 Å². The Balaban J connectivity index is 1.30. The van der Waals surface area contributed by atoms with Gasteiger partial charge >= 0.3 is 5.97 Å². The van der Waals surface area contributed by atoms with Crippen molar-refractivity contribution in [1.82, 2.24) is 31.1 Å². The highest BCUT2D eigenvalue weighted by Crippen LogP contribution is 2.21. The SMILES string of the molecule is CC(C)[C@H](NC(=O)CNC(=O)[C@@H]1CCCN1C(=O)[C@@H](N)Cc1ccccc1)C(=O)N[C@@H](CO)C(=O)N1CCC[C@H]1C(=O)N[C@@H](Cc1ccccc1)C(=O)O. The first-order chi connectivity index (χ1) is 25.8. The number of carboxylic acid groups (broad SMARTS) is 1. The van der Waals surface area contributed by atoms with Crippen LogP contribution < -0.4 is 27.0 Å². The van der Waals surface area contributed by atoms with E-state index in [2.05, 4.69) is 21.3 Å². The Bertz CT molecular complexity index is 1640. The van der Waals surface area contributed by atoms with Gasteiger partial charge in [-0.1, -0.05) is 74.5 Å². The van der Waals surface area contributed by atoms with Crippen LogP contribution >= 0.6 is 0 Å². The Morgan fingerprint density at radius 1 is 0.741 bits per heavy atom. The maximum Gasteiger partial charge on any atom is 0.326 e. The summed E-state index contributed by atoms with van der Waals surface area (Å²) in [5, 5.41) is 30.0. The van der Waals surface area contributed by atoms with Crippen molar-refractivity contribution in [3.05, 3.63) is 71.8 Å². The van der Waals surface area contributed by atoms with Gasteiger partial charge in [0.25, 0.3) is 0 Å². The number of aliphatic carboxylic acids is 1. The van der Waals surface area contributed by atoms with Crippen LogP contribution in [-0.4, -0.2) is 124 Å². The third kappa shape index (κ3) is 11.1. The molecule has 0 unspecified atom stereocenters. The third-order valence-corrected chi connectivity index (χ3v) is 9.68. The molecule has 6 amide bonds. The van der Waals surface area contributed by atoms with Gasteiger partial charge in [0.1, 0.15) is 30.2 Å². The summed E-state index contributed by atoms with van der Waals surface area (Å²) in [4.78, 5) is 93.9. The fourth-order valence-corrected chi connectivity index (χ4v) is 6.78. The molecule has 8 N–H and O–H groups in total. The number of rotatable bonds is 17. The minimum Gasteiger partial charge on any atom is -0.480 e. The molecule has 0 radical (unpaired) electrons. The van der Waals surface area contributed by atoms with Gasteiger partial charge in [-0.2, -0.15) is 0 Å². The Labute approximate surface area is 314 Å². The van der Waals surface area contributed by atoms with Crippen molar-refractivity contribution in [1.29, 1.82) is 0 Å². The van der Waals surface area contributed by atoms with E-state index < -0.39 is 90.8 Å². The van der Waals surface area contributed by atoms with Crippen molar-refractivity contribution in [2.45, 2.75) is 88.6 Å². The number of hydrogen-bond acceptors (Lipinski definition) is 9. The quantitative estimate of drug-likeness (QED) is 0.105. The molecular formula is C38H51N7O9. The van der Waals surface area contributed by atoms with Crippen LogP contribution in [0.5, 0.6) is 0 Å². The first-order valence-electron chi connectivity index (χ1n) is 18.3. The summed E-state index contributed by atoms with van der Waals surface area (Å²) in [7, 11) is 0. The van der Waals surface area contributed by atoms with Gasteiger partial charge in [-0.3, -0.25) is 28.8 Å². The zero-order chi connectivity index (χ0) is 39.4. The zero-order valence-electron chi connectivity index (χ0n) is 30.6. The van der Waals surface area contributed by atoms with Crippen molar-refractivity contribution >= 4 is 41.4 Å². The Kier molecular flexibility index (Phi) is 15.1. The maximum atomic E-state index is 13.5. The lowest BCUT2D eigenvalue weighted by molar-refractivity contribution is -0.145. The average molecular weight is 750 g/mol. The first kappa shape index (κ1) is 41.4. The molecule has 54 heavy (non-hydrogen) atoms. The van der Waals surface area contributed by atoms with Crippen LogP contribution in [-0.2, 0) is 46.4 Å². The lowest BCUT2D eigenvalue weighted by atomic mass is 10.0. The van der Waals surface area contributed by atoms with Crippen molar-refractivity contribution in [2.24, 2.45) is 11.7 Å². The van der Waals surface area contributed by atoms with Crippen LogP contribution in [0.4, 0.5) is 0 Å². The number of amides is 6. The summed E-state index contributed by atoms with van der Waals surface area (Å²) < 4.78 is 0. The van der Waals surface area contributed by atoms with Crippen molar-refractivity contribution < 1.29 is 43.8 Å². The van der Waals surface area contributed by atoms with E-state index in [1.165, 1.54) is 9.80 Å². The van der Waals surface area contributed by atoms with Crippen molar-refractivity contribution in [2.75, 3.05) is 26.2 Å². The smallest absolute Gasteiger partial charge is 0.326 e. The molecular weight excluding hydrogens is 698 g/mol. The molecule has 0 saturated carbocycles. The van der Waals surface area contributed by atoms with Crippen LogP contribution in [0.25, 0.3) is 0 Å². The second-order valence-corrected chi connectivity index (χ2v) is 14.0. The molecule has 2 aliphatic rings. The minimum absolute atomic E-state index is 0.0342. The number of carbonyl (C=O) groups excluding carboxylic acids is 6. The zero-order valence-corrected chi connectivity index (χ0v) is 30.6. The van der Waals surface area contributed by atoms with Gasteiger partial charge in [-0.25, -0.2) is 4.79 Å². The lowest BCUT2D eigenvalue weighted by Crippen LogP contribution is -2.59. The average Bonchev–Trinajstić information content (AvgIpc) is 3.86. The highest BCUT2D eigenvalue weighted by Gasteiger charge is 2.40. The molecule has 0 aliphatic carbocycles. The summed E-state index contributed by atoms with van der Waals surface area (Å²) in [6.07, 6.45) is 2.03. The number of carboxylic acids is 1. The molecule has 292 valence electrons. The molecule has 6 atom stereocenters. The lowest BCUT2D eigenvalue weighted by Gasteiger charge is -2.30. The summed E-state index contributed by atoms with van der Waals surface area (Å²) in [6, 6.07) is 11.5. The molecule has 2 saturated heterocycles. The fourth-order valence-electron chi connectivity index (χ4n) is 6.78. The first-order valence-corrected chi connectivity index (χ1v) is 18.3. The molecule has 0 aromatic heterocycles. The van der Waals surface area contributed by atoms with Gasteiger partial charge in [0.2, 0.25) is 35.4 Å². The molecule has 2 aliphatic heterocycles. The van der Waals surface area contributed by atoms with Crippen molar-refractivity contribution in [3.63, 3.8) is 0 Å². The number of carbonyl (C=O) groups is 7. The second kappa shape index (κ2) is 19.6. The molecule has 0 spiro atoms. The van der Waals surface area contributed by atoms with E-state index in [-0.39, 0.29) is 25.3 Å². The van der Waals surface area contributed by atoms with E-state index >= 15 is 0 Å². The Morgan fingerprint density at radius 3 is 1.81 bits per heavy atom. The number of aliphatic hydroxyl groups is 1. The van der Waals surface area contributed by atoms with Gasteiger partial charge in [0, 0.05) is 19.5 Å². The summed E-state index contributed by atoms with van der Waals surface area (Å²) in [6.45, 7) is 2.53. The highest BCUT2D eigenvalue weighted by molar-refractivity contribution is 5.96. The molecule has 0 bridgehead atoms. The number of nitrogens with one attached hydrogen (secondary N) is 4. The Morgan fingerprint density at radius 2 is 1.28 bits per heavy atom. The largest absolute Gasteiger partial charge is 0.480 e. The van der Waals surface area contributed by atoms with Gasteiger partial charge in [0.05, 0.1) is 19.2 Å². The molecule has 2 aromatic rings. The monoisotopic (exact) mass is 749 g/mol. The number of hydrogen-bond donors (Lipinski definition) is 7. The number of likely N-dealkylation sites (tertiary alicyclic amines) is 2. The van der Waals surface area contributed by atoms with Crippen LogP contribution in [0.2, 0.25) is 0 Å². The minimum atomic E-state index is -1.46. The number of aliphatic hydroxyl groups excluding tert-OH is 1. The van der Waals surface area contributed by atoms with Crippen LogP contribution in [0, 0.1) is 5.92 Å². The van der Waals surface area contributed by atoms with E-state index in [1.54, 1.807) is 44.2 Å². The number of benzene rings is 2. The third-order valence-electron chi connectivity index (χ3n) is 9.68. The molecule has 16 nitrogen and oxygen atoms in total. The molecule has 16 heteroatoms. The standard InChI is InChI=1S/C38H51N7O9/c1-23(2)32(43-31(47)21-40-33(48)29-15-9-17-44(29)36(51)26(39)19-24-11-5-3-6-12-24)35(50)42-28(22-46)37(52)45-18-10-16-30(45)34(49)41-27(38(53)54)20-25-13-7-4-8-14-25/h3-8,11-14,23,26-30,32,46H,9-10,15-22,39H2,1-2H3,(H,40,48)(H,41,49)(H,42,50)(H,43,47)(H,53,54)/t26-,27-,28-,29-,30-,32-/m0/s1. The van der Waals surface area contributed by atoms with Gasteiger partial charge < -0.3 is 47.0 Å². The van der Waals surface area contributed by atoms with E-state index in [1.807, 2.05) is 30.3 Å².